The van der Waals surface area contributed by atoms with E-state index < -0.39 is 0 Å². The van der Waals surface area contributed by atoms with E-state index in [4.69, 9.17) is 9.47 Å². The zero-order valence-electron chi connectivity index (χ0n) is 23.8. The first-order valence-electron chi connectivity index (χ1n) is 15.7. The molecule has 0 aromatic carbocycles. The topological polar surface area (TPSA) is 18.5 Å². The van der Waals surface area contributed by atoms with Crippen LogP contribution in [-0.2, 0) is 9.47 Å². The SMILES string of the molecule is CC(C)CCC[C@@H](C)[C@H]1CC[C@H]2[C@@H]3CC=C4C[C@@H](OCCOCC5CC5)CC[C@]4(C)[C@H]3CC[C@]12C. The third-order valence-corrected chi connectivity index (χ3v) is 11.9. The van der Waals surface area contributed by atoms with Crippen LogP contribution in [0.15, 0.2) is 11.6 Å². The summed E-state index contributed by atoms with van der Waals surface area (Å²) in [4.78, 5) is 0. The van der Waals surface area contributed by atoms with Crippen molar-refractivity contribution >= 4 is 0 Å². The Morgan fingerprint density at radius 1 is 0.914 bits per heavy atom. The number of hydrogen-bond donors (Lipinski definition) is 0. The molecule has 8 atom stereocenters. The molecule has 4 saturated carbocycles. The van der Waals surface area contributed by atoms with Gasteiger partial charge in [0.2, 0.25) is 0 Å². The number of hydrogen-bond acceptors (Lipinski definition) is 2. The van der Waals surface area contributed by atoms with E-state index in [1.807, 2.05) is 0 Å². The van der Waals surface area contributed by atoms with Crippen LogP contribution in [0.1, 0.15) is 118 Å². The van der Waals surface area contributed by atoms with Crippen LogP contribution in [-0.4, -0.2) is 25.9 Å². The first-order valence-corrected chi connectivity index (χ1v) is 15.7. The summed E-state index contributed by atoms with van der Waals surface area (Å²) in [5.41, 5.74) is 2.79. The zero-order chi connectivity index (χ0) is 24.6. The molecule has 0 radical (unpaired) electrons. The Labute approximate surface area is 217 Å². The number of ether oxygens (including phenoxy) is 2. The summed E-state index contributed by atoms with van der Waals surface area (Å²) in [5, 5.41) is 0. The Morgan fingerprint density at radius 3 is 2.51 bits per heavy atom. The van der Waals surface area contributed by atoms with E-state index in [2.05, 4.69) is 40.7 Å². The lowest BCUT2D eigenvalue weighted by Crippen LogP contribution is -2.51. The molecule has 5 aliphatic carbocycles. The van der Waals surface area contributed by atoms with Gasteiger partial charge in [0.25, 0.3) is 0 Å². The lowest BCUT2D eigenvalue weighted by Gasteiger charge is -2.58. The van der Waals surface area contributed by atoms with Gasteiger partial charge in [-0.3, -0.25) is 0 Å². The van der Waals surface area contributed by atoms with Crippen LogP contribution in [0.4, 0.5) is 0 Å². The highest BCUT2D eigenvalue weighted by Crippen LogP contribution is 2.67. The molecule has 0 heterocycles. The summed E-state index contributed by atoms with van der Waals surface area (Å²) in [6.45, 7) is 15.3. The van der Waals surface area contributed by atoms with E-state index in [-0.39, 0.29) is 0 Å². The van der Waals surface area contributed by atoms with Gasteiger partial charge in [-0.2, -0.15) is 0 Å². The summed E-state index contributed by atoms with van der Waals surface area (Å²) in [6, 6.07) is 0. The van der Waals surface area contributed by atoms with Crippen molar-refractivity contribution < 1.29 is 9.47 Å². The van der Waals surface area contributed by atoms with Crippen molar-refractivity contribution in [3.8, 4) is 0 Å². The highest BCUT2D eigenvalue weighted by atomic mass is 16.5. The maximum absolute atomic E-state index is 6.32. The number of rotatable bonds is 11. The monoisotopic (exact) mass is 484 g/mol. The van der Waals surface area contributed by atoms with Crippen LogP contribution in [0.2, 0.25) is 0 Å². The summed E-state index contributed by atoms with van der Waals surface area (Å²) in [7, 11) is 0. The molecule has 0 aromatic rings. The van der Waals surface area contributed by atoms with Gasteiger partial charge < -0.3 is 9.47 Å². The lowest BCUT2D eigenvalue weighted by molar-refractivity contribution is -0.0679. The molecule has 0 saturated heterocycles. The minimum absolute atomic E-state index is 0.423. The van der Waals surface area contributed by atoms with E-state index in [0.717, 1.165) is 61.2 Å². The predicted octanol–water partition coefficient (Wildman–Crippen LogP) is 8.84. The van der Waals surface area contributed by atoms with Crippen molar-refractivity contribution in [3.05, 3.63) is 11.6 Å². The molecular formula is C33H56O2. The van der Waals surface area contributed by atoms with Gasteiger partial charge in [0.1, 0.15) is 0 Å². The molecule has 0 amide bonds. The van der Waals surface area contributed by atoms with Crippen LogP contribution in [0, 0.1) is 52.3 Å². The second-order valence-corrected chi connectivity index (χ2v) is 14.5. The molecule has 5 aliphatic rings. The van der Waals surface area contributed by atoms with Crippen LogP contribution in [0.3, 0.4) is 0 Å². The van der Waals surface area contributed by atoms with Gasteiger partial charge in [-0.1, -0.05) is 65.5 Å². The predicted molar refractivity (Wildman–Crippen MR) is 146 cm³/mol. The maximum atomic E-state index is 6.32. The van der Waals surface area contributed by atoms with Crippen LogP contribution in [0.25, 0.3) is 0 Å². The fraction of sp³-hybridized carbons (Fsp3) is 0.939. The highest BCUT2D eigenvalue weighted by molar-refractivity contribution is 5.25. The molecule has 35 heavy (non-hydrogen) atoms. The van der Waals surface area contributed by atoms with Gasteiger partial charge in [0.15, 0.2) is 0 Å². The molecule has 200 valence electrons. The second-order valence-electron chi connectivity index (χ2n) is 14.5. The van der Waals surface area contributed by atoms with Crippen molar-refractivity contribution in [3.63, 3.8) is 0 Å². The van der Waals surface area contributed by atoms with E-state index in [1.165, 1.54) is 83.5 Å². The van der Waals surface area contributed by atoms with Gasteiger partial charge in [0, 0.05) is 6.61 Å². The van der Waals surface area contributed by atoms with Crippen LogP contribution >= 0.6 is 0 Å². The minimum atomic E-state index is 0.423. The molecule has 0 spiro atoms. The van der Waals surface area contributed by atoms with Gasteiger partial charge in [0.05, 0.1) is 19.3 Å². The zero-order valence-corrected chi connectivity index (χ0v) is 23.8. The smallest absolute Gasteiger partial charge is 0.0704 e. The van der Waals surface area contributed by atoms with E-state index >= 15 is 0 Å². The largest absolute Gasteiger partial charge is 0.379 e. The summed E-state index contributed by atoms with van der Waals surface area (Å²) in [6.07, 6.45) is 21.2. The Morgan fingerprint density at radius 2 is 1.74 bits per heavy atom. The quantitative estimate of drug-likeness (QED) is 0.215. The molecule has 0 unspecified atom stereocenters. The first kappa shape index (κ1) is 26.3. The Kier molecular flexibility index (Phi) is 8.11. The van der Waals surface area contributed by atoms with Crippen molar-refractivity contribution in [1.82, 2.24) is 0 Å². The molecule has 4 fully saturated rings. The van der Waals surface area contributed by atoms with Gasteiger partial charge in [-0.05, 0) is 116 Å². The van der Waals surface area contributed by atoms with Crippen molar-refractivity contribution in [1.29, 1.82) is 0 Å². The third kappa shape index (κ3) is 5.45. The standard InChI is InChI=1S/C33H56O2/c1-23(2)7-6-8-24(3)29-13-14-30-28-12-11-26-21-27(35-20-19-34-22-25-9-10-25)15-17-32(26,4)31(28)16-18-33(29,30)5/h11,23-25,27-31H,6-10,12-22H2,1-5H3/t24-,27+,28+,29-,30+,31+,32+,33-/m1/s1. The normalized spacial score (nSPS) is 41.8. The summed E-state index contributed by atoms with van der Waals surface area (Å²) < 4.78 is 12.1. The van der Waals surface area contributed by atoms with Gasteiger partial charge >= 0.3 is 0 Å². The third-order valence-electron chi connectivity index (χ3n) is 11.9. The molecule has 0 N–H and O–H groups in total. The molecule has 2 heteroatoms. The van der Waals surface area contributed by atoms with Gasteiger partial charge in [-0.25, -0.2) is 0 Å². The molecule has 0 bridgehead atoms. The number of allylic oxidation sites excluding steroid dienone is 1. The molecule has 2 nitrogen and oxygen atoms in total. The average Bonchev–Trinajstić information content (AvgIpc) is 3.57. The molecule has 5 rings (SSSR count). The summed E-state index contributed by atoms with van der Waals surface area (Å²) in [5.74, 6) is 6.39. The fourth-order valence-electron chi connectivity index (χ4n) is 9.60. The molecule has 0 aromatic heterocycles. The van der Waals surface area contributed by atoms with Crippen molar-refractivity contribution in [2.24, 2.45) is 52.3 Å². The Bertz CT molecular complexity index is 737. The van der Waals surface area contributed by atoms with E-state index in [0.29, 0.717) is 16.9 Å². The molecule has 0 aliphatic heterocycles. The second kappa shape index (κ2) is 10.8. The van der Waals surface area contributed by atoms with Crippen molar-refractivity contribution in [2.45, 2.75) is 124 Å². The molecular weight excluding hydrogens is 428 g/mol. The van der Waals surface area contributed by atoms with Crippen molar-refractivity contribution in [2.75, 3.05) is 19.8 Å². The van der Waals surface area contributed by atoms with Gasteiger partial charge in [-0.15, -0.1) is 0 Å². The number of fused-ring (bicyclic) bond motifs is 5. The Hall–Kier alpha value is -0.340. The van der Waals surface area contributed by atoms with Crippen LogP contribution in [0.5, 0.6) is 0 Å². The fourth-order valence-corrected chi connectivity index (χ4v) is 9.60. The lowest BCUT2D eigenvalue weighted by atomic mass is 9.47. The summed E-state index contributed by atoms with van der Waals surface area (Å²) >= 11 is 0. The highest BCUT2D eigenvalue weighted by Gasteiger charge is 2.59. The van der Waals surface area contributed by atoms with E-state index in [9.17, 15) is 0 Å². The van der Waals surface area contributed by atoms with E-state index in [1.54, 1.807) is 5.57 Å². The first-order chi connectivity index (χ1) is 16.8. The Balaban J connectivity index is 1.17. The average molecular weight is 485 g/mol. The maximum Gasteiger partial charge on any atom is 0.0704 e. The van der Waals surface area contributed by atoms with Crippen LogP contribution < -0.4 is 0 Å². The minimum Gasteiger partial charge on any atom is -0.379 e.